The highest BCUT2D eigenvalue weighted by Crippen LogP contribution is 2.52. The molecule has 37 heavy (non-hydrogen) atoms. The predicted octanol–water partition coefficient (Wildman–Crippen LogP) is 2.81. The lowest BCUT2D eigenvalue weighted by atomic mass is 9.50. The van der Waals surface area contributed by atoms with Crippen molar-refractivity contribution < 1.29 is 36.9 Å². The molecule has 2 aromatic rings. The Hall–Kier alpha value is -3.17. The molecule has 0 bridgehead atoms. The van der Waals surface area contributed by atoms with Crippen LogP contribution in [-0.4, -0.2) is 42.3 Å². The minimum atomic E-state index is -4.26. The van der Waals surface area contributed by atoms with Gasteiger partial charge in [0.1, 0.15) is 10.7 Å². The van der Waals surface area contributed by atoms with Gasteiger partial charge >= 0.3 is 10.1 Å². The van der Waals surface area contributed by atoms with Gasteiger partial charge in [0.15, 0.2) is 28.7 Å². The van der Waals surface area contributed by atoms with E-state index in [1.54, 1.807) is 30.3 Å². The molecule has 0 heterocycles. The number of hydrogen-bond acceptors (Lipinski definition) is 8. The zero-order valence-corrected chi connectivity index (χ0v) is 21.5. The third-order valence-electron chi connectivity index (χ3n) is 8.25. The van der Waals surface area contributed by atoms with Gasteiger partial charge in [-0.3, -0.25) is 19.2 Å². The van der Waals surface area contributed by atoms with Crippen LogP contribution in [0.1, 0.15) is 43.1 Å². The first-order chi connectivity index (χ1) is 17.4. The minimum Gasteiger partial charge on any atom is -0.378 e. The van der Waals surface area contributed by atoms with Gasteiger partial charge in [0.25, 0.3) is 0 Å². The van der Waals surface area contributed by atoms with Crippen molar-refractivity contribution in [1.29, 1.82) is 0 Å². The average Bonchev–Trinajstić information content (AvgIpc) is 2.85. The van der Waals surface area contributed by atoms with E-state index in [0.29, 0.717) is 5.56 Å². The van der Waals surface area contributed by atoms with E-state index in [9.17, 15) is 32.7 Å². The van der Waals surface area contributed by atoms with Crippen LogP contribution in [0.25, 0.3) is 0 Å². The van der Waals surface area contributed by atoms with E-state index in [1.165, 1.54) is 25.1 Å². The molecule has 2 aromatic carbocycles. The SMILES string of the molecule is CC1C(=O)C(C(C)C)C2CC3Cc4cccc(OS(=O)(=O)c5ccccc5)c4C(=O)C3C(=O)C2(O)C1=O. The quantitative estimate of drug-likeness (QED) is 0.477. The lowest BCUT2D eigenvalue weighted by Crippen LogP contribution is -2.69. The maximum atomic E-state index is 13.8. The van der Waals surface area contributed by atoms with Crippen molar-refractivity contribution in [3.63, 3.8) is 0 Å². The highest BCUT2D eigenvalue weighted by molar-refractivity contribution is 7.87. The lowest BCUT2D eigenvalue weighted by Gasteiger charge is -2.52. The van der Waals surface area contributed by atoms with Crippen LogP contribution in [0.3, 0.4) is 0 Å². The molecule has 1 N–H and O–H groups in total. The molecular formula is C28H28O8S. The van der Waals surface area contributed by atoms with Crippen molar-refractivity contribution in [2.75, 3.05) is 0 Å². The van der Waals surface area contributed by atoms with E-state index in [-0.39, 0.29) is 40.8 Å². The summed E-state index contributed by atoms with van der Waals surface area (Å²) < 4.78 is 31.1. The highest BCUT2D eigenvalue weighted by Gasteiger charge is 2.67. The summed E-state index contributed by atoms with van der Waals surface area (Å²) in [5.74, 6) is -7.78. The van der Waals surface area contributed by atoms with E-state index in [0.717, 1.165) is 0 Å². The van der Waals surface area contributed by atoms with Gasteiger partial charge in [0, 0.05) is 11.8 Å². The fourth-order valence-electron chi connectivity index (χ4n) is 6.54. The van der Waals surface area contributed by atoms with Crippen LogP contribution in [0.5, 0.6) is 5.75 Å². The summed E-state index contributed by atoms with van der Waals surface area (Å²) in [5.41, 5.74) is -1.96. The maximum absolute atomic E-state index is 13.8. The Morgan fingerprint density at radius 3 is 2.30 bits per heavy atom. The Morgan fingerprint density at radius 1 is 0.973 bits per heavy atom. The van der Waals surface area contributed by atoms with Gasteiger partial charge in [-0.15, -0.1) is 0 Å². The predicted molar refractivity (Wildman–Crippen MR) is 131 cm³/mol. The minimum absolute atomic E-state index is 0.0357. The number of ketones is 4. The van der Waals surface area contributed by atoms with Crippen molar-refractivity contribution >= 4 is 33.3 Å². The number of rotatable bonds is 4. The summed E-state index contributed by atoms with van der Waals surface area (Å²) >= 11 is 0. The molecule has 5 rings (SSSR count). The van der Waals surface area contributed by atoms with Gasteiger partial charge in [-0.25, -0.2) is 0 Å². The maximum Gasteiger partial charge on any atom is 0.339 e. The van der Waals surface area contributed by atoms with Crippen LogP contribution in [0.15, 0.2) is 53.4 Å². The third kappa shape index (κ3) is 3.70. The molecule has 0 spiro atoms. The largest absolute Gasteiger partial charge is 0.378 e. The molecule has 0 saturated heterocycles. The molecular weight excluding hydrogens is 496 g/mol. The smallest absolute Gasteiger partial charge is 0.339 e. The molecule has 0 radical (unpaired) electrons. The average molecular weight is 525 g/mol. The number of fused-ring (bicyclic) bond motifs is 3. The zero-order valence-electron chi connectivity index (χ0n) is 20.7. The lowest BCUT2D eigenvalue weighted by molar-refractivity contribution is -0.181. The number of Topliss-reactive ketones (excluding diaryl/α,β-unsaturated/α-hetero) is 4. The fourth-order valence-corrected chi connectivity index (χ4v) is 7.50. The van der Waals surface area contributed by atoms with Crippen LogP contribution in [0.4, 0.5) is 0 Å². The van der Waals surface area contributed by atoms with Crippen LogP contribution >= 0.6 is 0 Å². The molecule has 2 saturated carbocycles. The second kappa shape index (κ2) is 8.70. The first kappa shape index (κ1) is 25.5. The monoisotopic (exact) mass is 524 g/mol. The Morgan fingerprint density at radius 2 is 1.65 bits per heavy atom. The standard InChI is InChI=1S/C28H28O8S/c1-14(2)21-19-13-17-12-16-8-7-11-20(36-37(34,35)18-9-5-4-6-10-18)22(16)25(30)23(17)27(32)28(19,33)26(31)15(3)24(21)29/h4-11,14-15,17,19,21,23,33H,12-13H2,1-3H3. The Bertz CT molecular complexity index is 1430. The van der Waals surface area contributed by atoms with E-state index < -0.39 is 62.7 Å². The van der Waals surface area contributed by atoms with Gasteiger partial charge in [-0.1, -0.05) is 44.2 Å². The number of aliphatic hydroxyl groups is 1. The van der Waals surface area contributed by atoms with E-state index in [4.69, 9.17) is 4.18 Å². The van der Waals surface area contributed by atoms with Gasteiger partial charge in [-0.05, 0) is 55.4 Å². The van der Waals surface area contributed by atoms with E-state index in [2.05, 4.69) is 0 Å². The van der Waals surface area contributed by atoms with Crippen molar-refractivity contribution in [2.24, 2.45) is 35.5 Å². The number of carbonyl (C=O) groups excluding carboxylic acids is 4. The second-order valence-electron chi connectivity index (χ2n) is 10.7. The topological polar surface area (TPSA) is 132 Å². The van der Waals surface area contributed by atoms with Gasteiger partial charge in [-0.2, -0.15) is 8.42 Å². The van der Waals surface area contributed by atoms with Gasteiger partial charge in [0.05, 0.1) is 17.4 Å². The van der Waals surface area contributed by atoms with Gasteiger partial charge < -0.3 is 9.29 Å². The van der Waals surface area contributed by atoms with Crippen LogP contribution in [0.2, 0.25) is 0 Å². The Balaban J connectivity index is 1.57. The van der Waals surface area contributed by atoms with Crippen LogP contribution in [-0.2, 0) is 30.9 Å². The van der Waals surface area contributed by atoms with Crippen molar-refractivity contribution in [3.8, 4) is 5.75 Å². The number of carbonyl (C=O) groups is 4. The summed E-state index contributed by atoms with van der Waals surface area (Å²) in [6, 6.07) is 12.1. The molecule has 2 fully saturated rings. The molecule has 0 aromatic heterocycles. The Kier molecular flexibility index (Phi) is 5.99. The summed E-state index contributed by atoms with van der Waals surface area (Å²) in [4.78, 5) is 53.8. The van der Waals surface area contributed by atoms with E-state index in [1.807, 2.05) is 13.8 Å². The zero-order chi connectivity index (χ0) is 26.9. The third-order valence-corrected chi connectivity index (χ3v) is 9.50. The molecule has 3 aliphatic rings. The first-order valence-corrected chi connectivity index (χ1v) is 13.8. The summed E-state index contributed by atoms with van der Waals surface area (Å²) in [7, 11) is -4.26. The summed E-state index contributed by atoms with van der Waals surface area (Å²) in [6.07, 6.45) is 0.397. The van der Waals surface area contributed by atoms with E-state index >= 15 is 0 Å². The van der Waals surface area contributed by atoms with Crippen molar-refractivity contribution in [1.82, 2.24) is 0 Å². The van der Waals surface area contributed by atoms with Crippen LogP contribution in [0, 0.1) is 35.5 Å². The number of hydrogen-bond donors (Lipinski definition) is 1. The fraction of sp³-hybridized carbons (Fsp3) is 0.429. The number of benzene rings is 2. The van der Waals surface area contributed by atoms with Gasteiger partial charge in [0.2, 0.25) is 0 Å². The molecule has 194 valence electrons. The molecule has 6 unspecified atom stereocenters. The first-order valence-electron chi connectivity index (χ1n) is 12.4. The molecule has 0 aliphatic heterocycles. The molecule has 0 amide bonds. The summed E-state index contributed by atoms with van der Waals surface area (Å²) in [6.45, 7) is 5.03. The second-order valence-corrected chi connectivity index (χ2v) is 12.2. The highest BCUT2D eigenvalue weighted by atomic mass is 32.2. The molecule has 9 heteroatoms. The van der Waals surface area contributed by atoms with Crippen molar-refractivity contribution in [3.05, 3.63) is 59.7 Å². The molecule has 6 atom stereocenters. The Labute approximate surface area is 215 Å². The molecule has 8 nitrogen and oxygen atoms in total. The van der Waals surface area contributed by atoms with Crippen LogP contribution < -0.4 is 4.18 Å². The normalized spacial score (nSPS) is 31.5. The van der Waals surface area contributed by atoms with Crippen molar-refractivity contribution in [2.45, 2.75) is 44.1 Å². The molecule has 3 aliphatic carbocycles. The summed E-state index contributed by atoms with van der Waals surface area (Å²) in [5, 5.41) is 11.6.